The van der Waals surface area contributed by atoms with E-state index in [2.05, 4.69) is 4.98 Å². The molecule has 2 aromatic rings. The van der Waals surface area contributed by atoms with Gasteiger partial charge in [-0.3, -0.25) is 29.0 Å². The van der Waals surface area contributed by atoms with Crippen molar-refractivity contribution in [2.45, 2.75) is 39.2 Å². The maximum absolute atomic E-state index is 13.8. The predicted octanol–water partition coefficient (Wildman–Crippen LogP) is 1.58. The van der Waals surface area contributed by atoms with Gasteiger partial charge < -0.3 is 15.9 Å². The molecule has 0 bridgehead atoms. The predicted molar refractivity (Wildman–Crippen MR) is 130 cm³/mol. The molecule has 2 fully saturated rings. The van der Waals surface area contributed by atoms with Crippen LogP contribution in [0.1, 0.15) is 41.8 Å². The number of hydrogen-bond donors (Lipinski definition) is 3. The fourth-order valence-electron chi connectivity index (χ4n) is 6.72. The van der Waals surface area contributed by atoms with E-state index in [-0.39, 0.29) is 24.2 Å². The van der Waals surface area contributed by atoms with Crippen LogP contribution in [-0.4, -0.2) is 49.8 Å². The van der Waals surface area contributed by atoms with Crippen molar-refractivity contribution in [2.75, 3.05) is 0 Å². The molecular weight excluding hydrogens is 476 g/mol. The molecule has 6 atom stereocenters. The van der Waals surface area contributed by atoms with Gasteiger partial charge in [-0.15, -0.1) is 0 Å². The van der Waals surface area contributed by atoms with E-state index in [1.54, 1.807) is 32.2 Å². The number of aromatic hydroxyl groups is 1. The topological polar surface area (TPSA) is 165 Å². The number of nitrogens with zero attached hydrogens (tertiary/aromatic N) is 1. The van der Waals surface area contributed by atoms with Gasteiger partial charge in [-0.05, 0) is 60.9 Å². The number of phenolic OH excluding ortho intramolecular Hbond substituents is 1. The van der Waals surface area contributed by atoms with Crippen LogP contribution in [0.2, 0.25) is 0 Å². The number of carbonyl (C=O) groups is 5. The molecule has 2 unspecified atom stereocenters. The standard InChI is InChI=1S/C28H28N2O7/c1-11(2)19-16-9-13-8-15-14(17-6-4-12(3)10-30-17)5-7-18(31)21(15)24(33)20(13)25(34)28(16,37)26(35)22(23(19)32)27(29)36/h4-7,10-11,13,16,19-20,22,31,37H,8-9H2,1-3H3,(H2,29,36)/t13-,16-,19-,20?,22?,28-/m0/s1. The van der Waals surface area contributed by atoms with Gasteiger partial charge in [0.1, 0.15) is 5.75 Å². The minimum atomic E-state index is -2.69. The molecule has 3 aliphatic carbocycles. The van der Waals surface area contributed by atoms with Crippen LogP contribution in [0.5, 0.6) is 5.75 Å². The van der Waals surface area contributed by atoms with Gasteiger partial charge in [0.05, 0.1) is 17.2 Å². The molecule has 5 rings (SSSR count). The van der Waals surface area contributed by atoms with Crippen molar-refractivity contribution in [1.82, 2.24) is 4.98 Å². The van der Waals surface area contributed by atoms with E-state index in [1.165, 1.54) is 6.07 Å². The number of carbonyl (C=O) groups excluding carboxylic acids is 5. The third-order valence-electron chi connectivity index (χ3n) is 8.38. The summed E-state index contributed by atoms with van der Waals surface area (Å²) in [6.07, 6.45) is 1.93. The number of fused-ring (bicyclic) bond motifs is 3. The molecule has 192 valence electrons. The molecule has 0 radical (unpaired) electrons. The first-order chi connectivity index (χ1) is 17.4. The molecule has 1 amide bonds. The molecule has 37 heavy (non-hydrogen) atoms. The van der Waals surface area contributed by atoms with Crippen LogP contribution in [0, 0.1) is 42.4 Å². The third kappa shape index (κ3) is 3.40. The Balaban J connectivity index is 1.66. The second-order valence-electron chi connectivity index (χ2n) is 10.9. The number of aryl methyl sites for hydroxylation is 1. The van der Waals surface area contributed by atoms with Crippen LogP contribution in [0.3, 0.4) is 0 Å². The summed E-state index contributed by atoms with van der Waals surface area (Å²) in [5.41, 5.74) is 5.34. The van der Waals surface area contributed by atoms with Gasteiger partial charge >= 0.3 is 0 Å². The molecule has 9 heteroatoms. The number of pyridine rings is 1. The Bertz CT molecular complexity index is 1380. The monoisotopic (exact) mass is 504 g/mol. The largest absolute Gasteiger partial charge is 0.507 e. The second-order valence-corrected chi connectivity index (χ2v) is 10.9. The van der Waals surface area contributed by atoms with Gasteiger partial charge in [0, 0.05) is 23.6 Å². The molecule has 0 aliphatic heterocycles. The van der Waals surface area contributed by atoms with Crippen molar-refractivity contribution >= 4 is 29.0 Å². The number of aromatic nitrogens is 1. The highest BCUT2D eigenvalue weighted by atomic mass is 16.3. The van der Waals surface area contributed by atoms with Gasteiger partial charge in [0.2, 0.25) is 5.91 Å². The van der Waals surface area contributed by atoms with Crippen LogP contribution in [0.15, 0.2) is 30.5 Å². The highest BCUT2D eigenvalue weighted by Gasteiger charge is 2.69. The number of benzene rings is 1. The Kier molecular flexibility index (Phi) is 5.67. The van der Waals surface area contributed by atoms with E-state index in [0.29, 0.717) is 16.8 Å². The summed E-state index contributed by atoms with van der Waals surface area (Å²) in [5, 5.41) is 22.3. The van der Waals surface area contributed by atoms with E-state index >= 15 is 0 Å². The van der Waals surface area contributed by atoms with Crippen molar-refractivity contribution in [3.05, 3.63) is 47.2 Å². The van der Waals surface area contributed by atoms with Gasteiger partial charge in [-0.1, -0.05) is 19.9 Å². The summed E-state index contributed by atoms with van der Waals surface area (Å²) >= 11 is 0. The van der Waals surface area contributed by atoms with Gasteiger partial charge in [0.15, 0.2) is 34.7 Å². The first-order valence-electron chi connectivity index (χ1n) is 12.4. The van der Waals surface area contributed by atoms with E-state index < -0.39 is 70.1 Å². The first-order valence-corrected chi connectivity index (χ1v) is 12.4. The summed E-state index contributed by atoms with van der Waals surface area (Å²) in [7, 11) is 0. The molecule has 3 aliphatic rings. The number of phenols is 1. The molecule has 1 aromatic heterocycles. The lowest BCUT2D eigenvalue weighted by molar-refractivity contribution is -0.182. The zero-order chi connectivity index (χ0) is 27.0. The Morgan fingerprint density at radius 3 is 2.41 bits per heavy atom. The van der Waals surface area contributed by atoms with Crippen molar-refractivity contribution in [1.29, 1.82) is 0 Å². The van der Waals surface area contributed by atoms with E-state index in [1.807, 2.05) is 13.0 Å². The fraction of sp³-hybridized carbons (Fsp3) is 0.429. The summed E-state index contributed by atoms with van der Waals surface area (Å²) in [4.78, 5) is 70.6. The molecule has 0 saturated heterocycles. The first kappa shape index (κ1) is 25.0. The van der Waals surface area contributed by atoms with Gasteiger partial charge in [-0.25, -0.2) is 0 Å². The number of aliphatic hydroxyl groups is 1. The van der Waals surface area contributed by atoms with Crippen molar-refractivity contribution in [2.24, 2.45) is 41.2 Å². The van der Waals surface area contributed by atoms with Crippen LogP contribution in [0.4, 0.5) is 0 Å². The number of Topliss-reactive ketones (excluding diaryl/α,β-unsaturated/α-hetero) is 4. The number of rotatable bonds is 3. The lowest BCUT2D eigenvalue weighted by Gasteiger charge is -2.52. The van der Waals surface area contributed by atoms with Gasteiger partial charge in [-0.2, -0.15) is 0 Å². The molecule has 4 N–H and O–H groups in total. The van der Waals surface area contributed by atoms with E-state index in [0.717, 1.165) is 5.56 Å². The third-order valence-corrected chi connectivity index (χ3v) is 8.38. The quantitative estimate of drug-likeness (QED) is 0.530. The Morgan fingerprint density at radius 1 is 1.11 bits per heavy atom. The summed E-state index contributed by atoms with van der Waals surface area (Å²) < 4.78 is 0. The molecule has 9 nitrogen and oxygen atoms in total. The zero-order valence-corrected chi connectivity index (χ0v) is 20.7. The van der Waals surface area contributed by atoms with Crippen molar-refractivity contribution in [3.63, 3.8) is 0 Å². The minimum absolute atomic E-state index is 0.0391. The minimum Gasteiger partial charge on any atom is -0.507 e. The SMILES string of the molecule is Cc1ccc(-c2ccc(O)c3c2C[C@H]2C[C@H]4[C@H](C(C)C)C(=O)C(C(N)=O)C(=O)[C@@]4(O)C(=O)C2C3=O)nc1. The average Bonchev–Trinajstić information content (AvgIpc) is 2.82. The second kappa shape index (κ2) is 8.41. The Hall–Kier alpha value is -3.72. The molecule has 1 aromatic carbocycles. The van der Waals surface area contributed by atoms with Crippen molar-refractivity contribution in [3.8, 4) is 17.0 Å². The summed E-state index contributed by atoms with van der Waals surface area (Å²) in [6, 6.07) is 6.71. The maximum Gasteiger partial charge on any atom is 0.235 e. The van der Waals surface area contributed by atoms with E-state index in [9.17, 15) is 34.2 Å². The number of primary amides is 1. The number of ketones is 4. The smallest absolute Gasteiger partial charge is 0.235 e. The summed E-state index contributed by atoms with van der Waals surface area (Å²) in [6.45, 7) is 5.33. The Morgan fingerprint density at radius 2 is 1.81 bits per heavy atom. The summed E-state index contributed by atoms with van der Waals surface area (Å²) in [5.74, 6) is -11.6. The fourth-order valence-corrected chi connectivity index (χ4v) is 6.72. The lowest BCUT2D eigenvalue weighted by Crippen LogP contribution is -2.71. The molecule has 0 spiro atoms. The number of hydrogen-bond acceptors (Lipinski definition) is 8. The van der Waals surface area contributed by atoms with Crippen LogP contribution in [0.25, 0.3) is 11.3 Å². The van der Waals surface area contributed by atoms with Crippen LogP contribution < -0.4 is 5.73 Å². The van der Waals surface area contributed by atoms with Crippen LogP contribution >= 0.6 is 0 Å². The highest BCUT2D eigenvalue weighted by molar-refractivity contribution is 6.32. The van der Waals surface area contributed by atoms with Crippen molar-refractivity contribution < 1.29 is 34.2 Å². The van der Waals surface area contributed by atoms with Gasteiger partial charge in [0.25, 0.3) is 0 Å². The average molecular weight is 505 g/mol. The normalized spacial score (nSPS) is 31.1. The van der Waals surface area contributed by atoms with E-state index in [4.69, 9.17) is 5.73 Å². The molecule has 1 heterocycles. The maximum atomic E-state index is 13.8. The highest BCUT2D eigenvalue weighted by Crippen LogP contribution is 2.53. The zero-order valence-electron chi connectivity index (χ0n) is 20.7. The molecular formula is C28H28N2O7. The molecule has 2 saturated carbocycles. The van der Waals surface area contributed by atoms with Crippen LogP contribution in [-0.2, 0) is 25.6 Å². The Labute approximate surface area is 213 Å². The number of nitrogens with two attached hydrogens (primary N) is 1. The lowest BCUT2D eigenvalue weighted by atomic mass is 9.49. The number of amides is 1.